The summed E-state index contributed by atoms with van der Waals surface area (Å²) in [5.74, 6) is 0.669. The third-order valence-electron chi connectivity index (χ3n) is 8.65. The van der Waals surface area contributed by atoms with E-state index in [9.17, 15) is 0 Å². The van der Waals surface area contributed by atoms with Crippen molar-refractivity contribution in [2.24, 2.45) is 0 Å². The molecule has 0 bridgehead atoms. The Kier molecular flexibility index (Phi) is 5.82. The first-order chi connectivity index (χ1) is 22.3. The monoisotopic (exact) mass is 574 g/mol. The molecule has 0 aliphatic rings. The minimum absolute atomic E-state index is 0.669. The maximum Gasteiger partial charge on any atom is 0.180 e. The van der Waals surface area contributed by atoms with Crippen LogP contribution in [0.5, 0.6) is 0 Å². The van der Waals surface area contributed by atoms with E-state index in [0.29, 0.717) is 11.4 Å². The van der Waals surface area contributed by atoms with Gasteiger partial charge < -0.3 is 4.42 Å². The van der Waals surface area contributed by atoms with Crippen LogP contribution in [0.15, 0.2) is 162 Å². The van der Waals surface area contributed by atoms with Crippen molar-refractivity contribution >= 4 is 43.6 Å². The van der Waals surface area contributed by atoms with Crippen LogP contribution < -0.4 is 0 Å². The summed E-state index contributed by atoms with van der Waals surface area (Å²) < 4.78 is 6.61. The van der Waals surface area contributed by atoms with Gasteiger partial charge in [-0.15, -0.1) is 0 Å². The van der Waals surface area contributed by atoms with Crippen LogP contribution >= 0.6 is 0 Å². The molecule has 3 heteroatoms. The quantitative estimate of drug-likeness (QED) is 0.210. The number of hydrogen-bond donors (Lipinski definition) is 0. The summed E-state index contributed by atoms with van der Waals surface area (Å²) in [6.45, 7) is 0. The molecule has 0 atom stereocenters. The Hall–Kier alpha value is -6.06. The van der Waals surface area contributed by atoms with Gasteiger partial charge in [-0.25, -0.2) is 9.97 Å². The molecule has 2 aromatic heterocycles. The number of nitrogens with zero attached hydrogens (tertiary/aromatic N) is 2. The van der Waals surface area contributed by atoms with Crippen LogP contribution in [0.2, 0.25) is 0 Å². The normalized spacial score (nSPS) is 11.6. The maximum atomic E-state index is 6.61. The molecule has 0 amide bonds. The first-order valence-electron chi connectivity index (χ1n) is 15.2. The molecule has 45 heavy (non-hydrogen) atoms. The van der Waals surface area contributed by atoms with Gasteiger partial charge in [0.2, 0.25) is 0 Å². The SMILES string of the molecule is c1ccc(-c2cccc(-c3cccc(-c4nc(-c5cccc6ccccc56)c5oc6cc7ccccc7cc6c5n4)c3)c2)cc1. The zero-order valence-electron chi connectivity index (χ0n) is 24.3. The summed E-state index contributed by atoms with van der Waals surface area (Å²) in [7, 11) is 0. The van der Waals surface area contributed by atoms with Gasteiger partial charge in [0.05, 0.1) is 0 Å². The summed E-state index contributed by atoms with van der Waals surface area (Å²) in [4.78, 5) is 10.5. The third kappa shape index (κ3) is 4.37. The lowest BCUT2D eigenvalue weighted by Gasteiger charge is -2.10. The first-order valence-corrected chi connectivity index (χ1v) is 15.2. The summed E-state index contributed by atoms with van der Waals surface area (Å²) >= 11 is 0. The molecule has 2 heterocycles. The molecular formula is C42H26N2O. The van der Waals surface area contributed by atoms with E-state index in [1.54, 1.807) is 0 Å². The molecule has 0 unspecified atom stereocenters. The van der Waals surface area contributed by atoms with E-state index in [0.717, 1.165) is 66.0 Å². The Balaban J connectivity index is 1.28. The predicted molar refractivity (Wildman–Crippen MR) is 186 cm³/mol. The molecule has 0 radical (unpaired) electrons. The van der Waals surface area contributed by atoms with Crippen molar-refractivity contribution in [1.82, 2.24) is 9.97 Å². The fourth-order valence-corrected chi connectivity index (χ4v) is 6.42. The highest BCUT2D eigenvalue weighted by Gasteiger charge is 2.20. The van der Waals surface area contributed by atoms with E-state index >= 15 is 0 Å². The van der Waals surface area contributed by atoms with Crippen molar-refractivity contribution < 1.29 is 4.42 Å². The Morgan fingerprint density at radius 2 is 0.978 bits per heavy atom. The number of fused-ring (bicyclic) bond motifs is 5. The van der Waals surface area contributed by atoms with Crippen LogP contribution in [0.3, 0.4) is 0 Å². The summed E-state index contributed by atoms with van der Waals surface area (Å²) in [5, 5.41) is 5.56. The number of benzene rings is 7. The summed E-state index contributed by atoms with van der Waals surface area (Å²) in [5.41, 5.74) is 9.75. The number of furan rings is 1. The second-order valence-electron chi connectivity index (χ2n) is 11.4. The highest BCUT2D eigenvalue weighted by molar-refractivity contribution is 6.13. The lowest BCUT2D eigenvalue weighted by Crippen LogP contribution is -1.95. The fraction of sp³-hybridized carbons (Fsp3) is 0. The van der Waals surface area contributed by atoms with Gasteiger partial charge in [0.15, 0.2) is 11.4 Å². The van der Waals surface area contributed by atoms with Crippen molar-refractivity contribution in [2.45, 2.75) is 0 Å². The maximum absolute atomic E-state index is 6.61. The number of aromatic nitrogens is 2. The Morgan fingerprint density at radius 1 is 0.400 bits per heavy atom. The third-order valence-corrected chi connectivity index (χ3v) is 8.65. The zero-order valence-corrected chi connectivity index (χ0v) is 24.3. The average Bonchev–Trinajstić information content (AvgIpc) is 3.48. The molecular weight excluding hydrogens is 548 g/mol. The minimum atomic E-state index is 0.669. The molecule has 0 aliphatic carbocycles. The molecule has 9 rings (SSSR count). The Morgan fingerprint density at radius 3 is 1.78 bits per heavy atom. The zero-order chi connectivity index (χ0) is 29.7. The molecule has 0 saturated carbocycles. The van der Waals surface area contributed by atoms with E-state index in [1.165, 1.54) is 11.1 Å². The Labute approximate surface area is 260 Å². The highest BCUT2D eigenvalue weighted by Crippen LogP contribution is 2.39. The standard InChI is InChI=1S/C42H26N2O/c1-2-11-27(12-3-1)29-17-8-18-30(23-29)31-19-9-20-34(24-31)42-43-39(36-22-10-16-28-13-6-7-21-35(28)36)41-40(44-42)37-25-32-14-4-5-15-33(32)26-38(37)45-41/h1-26H. The van der Waals surface area contributed by atoms with Crippen molar-refractivity contribution in [3.05, 3.63) is 158 Å². The minimum Gasteiger partial charge on any atom is -0.452 e. The molecule has 3 nitrogen and oxygen atoms in total. The van der Waals surface area contributed by atoms with Crippen molar-refractivity contribution in [3.63, 3.8) is 0 Å². The molecule has 0 spiro atoms. The number of rotatable bonds is 4. The molecule has 0 saturated heterocycles. The van der Waals surface area contributed by atoms with Gasteiger partial charge in [0, 0.05) is 16.5 Å². The van der Waals surface area contributed by atoms with E-state index < -0.39 is 0 Å². The summed E-state index contributed by atoms with van der Waals surface area (Å²) in [6, 6.07) is 55.1. The smallest absolute Gasteiger partial charge is 0.180 e. The van der Waals surface area contributed by atoms with E-state index in [4.69, 9.17) is 14.4 Å². The van der Waals surface area contributed by atoms with Crippen molar-refractivity contribution in [3.8, 4) is 44.9 Å². The molecule has 0 N–H and O–H groups in total. The van der Waals surface area contributed by atoms with E-state index in [2.05, 4.69) is 152 Å². The van der Waals surface area contributed by atoms with Gasteiger partial charge >= 0.3 is 0 Å². The van der Waals surface area contributed by atoms with E-state index in [1.807, 2.05) is 6.07 Å². The van der Waals surface area contributed by atoms with Crippen LogP contribution in [0.4, 0.5) is 0 Å². The van der Waals surface area contributed by atoms with Gasteiger partial charge in [0.1, 0.15) is 16.8 Å². The molecule has 210 valence electrons. The van der Waals surface area contributed by atoms with Gasteiger partial charge in [0.25, 0.3) is 0 Å². The fourth-order valence-electron chi connectivity index (χ4n) is 6.42. The molecule has 0 aliphatic heterocycles. The highest BCUT2D eigenvalue weighted by atomic mass is 16.3. The second-order valence-corrected chi connectivity index (χ2v) is 11.4. The Bertz CT molecular complexity index is 2540. The largest absolute Gasteiger partial charge is 0.452 e. The van der Waals surface area contributed by atoms with Gasteiger partial charge in [-0.2, -0.15) is 0 Å². The molecule has 0 fully saturated rings. The van der Waals surface area contributed by atoms with Gasteiger partial charge in [-0.1, -0.05) is 133 Å². The van der Waals surface area contributed by atoms with Crippen molar-refractivity contribution in [2.75, 3.05) is 0 Å². The summed E-state index contributed by atoms with van der Waals surface area (Å²) in [6.07, 6.45) is 0. The first kappa shape index (κ1) is 25.4. The second kappa shape index (κ2) is 10.3. The van der Waals surface area contributed by atoms with Gasteiger partial charge in [-0.3, -0.25) is 0 Å². The van der Waals surface area contributed by atoms with Crippen LogP contribution in [0.1, 0.15) is 0 Å². The van der Waals surface area contributed by atoms with E-state index in [-0.39, 0.29) is 0 Å². The van der Waals surface area contributed by atoms with Crippen LogP contribution in [0.25, 0.3) is 88.5 Å². The van der Waals surface area contributed by atoms with Crippen molar-refractivity contribution in [1.29, 1.82) is 0 Å². The predicted octanol–water partition coefficient (Wildman–Crippen LogP) is 11.4. The van der Waals surface area contributed by atoms with Crippen LogP contribution in [-0.4, -0.2) is 9.97 Å². The van der Waals surface area contributed by atoms with Crippen LogP contribution in [-0.2, 0) is 0 Å². The van der Waals surface area contributed by atoms with Crippen LogP contribution in [0, 0.1) is 0 Å². The van der Waals surface area contributed by atoms with Gasteiger partial charge in [-0.05, 0) is 68.1 Å². The number of hydrogen-bond acceptors (Lipinski definition) is 3. The molecule has 9 aromatic rings. The molecule has 7 aromatic carbocycles. The topological polar surface area (TPSA) is 38.9 Å². The average molecular weight is 575 g/mol. The lowest BCUT2D eigenvalue weighted by atomic mass is 9.97. The lowest BCUT2D eigenvalue weighted by molar-refractivity contribution is 0.668.